The summed E-state index contributed by atoms with van der Waals surface area (Å²) in [5, 5.41) is 3.27. The Morgan fingerprint density at radius 1 is 1.42 bits per heavy atom. The molecule has 3 heteroatoms. The lowest BCUT2D eigenvalue weighted by Crippen LogP contribution is -1.75. The molecule has 0 saturated carbocycles. The maximum absolute atomic E-state index is 12.9. The van der Waals surface area contributed by atoms with Crippen LogP contribution in [0.2, 0.25) is 5.02 Å². The summed E-state index contributed by atoms with van der Waals surface area (Å²) in [6, 6.07) is 3.17. The lowest BCUT2D eigenvalue weighted by molar-refractivity contribution is 0.630. The van der Waals surface area contributed by atoms with E-state index in [0.29, 0.717) is 0 Å². The van der Waals surface area contributed by atoms with Crippen molar-refractivity contribution < 1.29 is 4.39 Å². The van der Waals surface area contributed by atoms with Gasteiger partial charge in [-0.2, -0.15) is 0 Å². The van der Waals surface area contributed by atoms with Crippen LogP contribution in [0.25, 0.3) is 10.1 Å². The van der Waals surface area contributed by atoms with Crippen molar-refractivity contribution in [3.63, 3.8) is 0 Å². The Morgan fingerprint density at radius 3 is 2.92 bits per heavy atom. The summed E-state index contributed by atoms with van der Waals surface area (Å²) in [4.78, 5) is 0. The second-order valence-electron chi connectivity index (χ2n) is 2.66. The van der Waals surface area contributed by atoms with E-state index < -0.39 is 0 Å². The van der Waals surface area contributed by atoms with Crippen molar-refractivity contribution in [1.82, 2.24) is 0 Å². The number of halogens is 2. The Balaban J connectivity index is 2.93. The van der Waals surface area contributed by atoms with E-state index in [0.717, 1.165) is 15.6 Å². The molecule has 0 N–H and O–H groups in total. The molecular formula is C9H6ClFS. The Kier molecular flexibility index (Phi) is 1.81. The third kappa shape index (κ3) is 1.03. The Labute approximate surface area is 78.6 Å². The van der Waals surface area contributed by atoms with Gasteiger partial charge in [0.15, 0.2) is 0 Å². The molecule has 2 aromatic rings. The van der Waals surface area contributed by atoms with Gasteiger partial charge in [0.25, 0.3) is 0 Å². The maximum Gasteiger partial charge on any atom is 0.143 e. The van der Waals surface area contributed by atoms with Crippen molar-refractivity contribution in [3.8, 4) is 0 Å². The first-order chi connectivity index (χ1) is 5.70. The number of hydrogen-bond donors (Lipinski definition) is 0. The van der Waals surface area contributed by atoms with E-state index in [2.05, 4.69) is 0 Å². The van der Waals surface area contributed by atoms with Gasteiger partial charge in [0.1, 0.15) is 5.82 Å². The average molecular weight is 201 g/mol. The number of fused-ring (bicyclic) bond motifs is 1. The van der Waals surface area contributed by atoms with E-state index in [9.17, 15) is 4.39 Å². The molecule has 0 amide bonds. The molecule has 0 nitrogen and oxygen atoms in total. The summed E-state index contributed by atoms with van der Waals surface area (Å²) in [5.41, 5.74) is 1.15. The van der Waals surface area contributed by atoms with Crippen molar-refractivity contribution in [2.75, 3.05) is 0 Å². The molecule has 0 atom stereocenters. The van der Waals surface area contributed by atoms with Crippen molar-refractivity contribution in [2.24, 2.45) is 0 Å². The maximum atomic E-state index is 12.9. The van der Waals surface area contributed by atoms with E-state index >= 15 is 0 Å². The van der Waals surface area contributed by atoms with Gasteiger partial charge in [-0.25, -0.2) is 4.39 Å². The number of benzene rings is 1. The van der Waals surface area contributed by atoms with Crippen molar-refractivity contribution in [2.45, 2.75) is 6.92 Å². The highest BCUT2D eigenvalue weighted by Gasteiger charge is 2.07. The molecule has 0 bridgehead atoms. The van der Waals surface area contributed by atoms with Gasteiger partial charge in [0.2, 0.25) is 0 Å². The summed E-state index contributed by atoms with van der Waals surface area (Å²) < 4.78 is 13.8. The highest BCUT2D eigenvalue weighted by Crippen LogP contribution is 2.33. The number of aryl methyl sites for hydroxylation is 1. The second-order valence-corrected chi connectivity index (χ2v) is 3.91. The van der Waals surface area contributed by atoms with Crippen molar-refractivity contribution in [1.29, 1.82) is 0 Å². The zero-order valence-electron chi connectivity index (χ0n) is 6.40. The first-order valence-corrected chi connectivity index (χ1v) is 4.77. The van der Waals surface area contributed by atoms with Gasteiger partial charge in [-0.05, 0) is 29.3 Å². The van der Waals surface area contributed by atoms with Gasteiger partial charge in [0, 0.05) is 0 Å². The molecular weight excluding hydrogens is 195 g/mol. The molecule has 1 heterocycles. The van der Waals surface area contributed by atoms with Crippen LogP contribution in [-0.4, -0.2) is 0 Å². The molecule has 0 spiro atoms. The first-order valence-electron chi connectivity index (χ1n) is 3.52. The minimum atomic E-state index is -0.342. The zero-order valence-corrected chi connectivity index (χ0v) is 7.97. The lowest BCUT2D eigenvalue weighted by Gasteiger charge is -1.95. The molecule has 0 unspecified atom stereocenters. The fraction of sp³-hybridized carbons (Fsp3) is 0.111. The highest BCUT2D eigenvalue weighted by molar-refractivity contribution is 7.18. The molecule has 1 aromatic carbocycles. The van der Waals surface area contributed by atoms with E-state index in [1.54, 1.807) is 6.07 Å². The number of thiophene rings is 1. The third-order valence-electron chi connectivity index (χ3n) is 1.83. The van der Waals surface area contributed by atoms with Gasteiger partial charge in [-0.1, -0.05) is 17.7 Å². The van der Waals surface area contributed by atoms with Crippen molar-refractivity contribution >= 4 is 33.0 Å². The molecule has 0 aliphatic heterocycles. The molecule has 0 saturated heterocycles. The van der Waals surface area contributed by atoms with Gasteiger partial charge < -0.3 is 0 Å². The third-order valence-corrected chi connectivity index (χ3v) is 3.44. The number of rotatable bonds is 0. The molecule has 0 aliphatic carbocycles. The second kappa shape index (κ2) is 2.71. The molecule has 12 heavy (non-hydrogen) atoms. The normalized spacial score (nSPS) is 10.9. The summed E-state index contributed by atoms with van der Waals surface area (Å²) in [7, 11) is 0. The molecule has 2 rings (SSSR count). The van der Waals surface area contributed by atoms with Crippen LogP contribution >= 0.6 is 22.9 Å². The Morgan fingerprint density at radius 2 is 2.17 bits per heavy atom. The number of hydrogen-bond acceptors (Lipinski definition) is 1. The molecule has 0 aliphatic rings. The van der Waals surface area contributed by atoms with Crippen LogP contribution in [0, 0.1) is 12.7 Å². The standard InChI is InChI=1S/C9H6ClFS/c1-5-4-12-9-6(5)2-3-7(11)8(9)10/h2-4H,1H3. The summed E-state index contributed by atoms with van der Waals surface area (Å²) in [5.74, 6) is -0.342. The van der Waals surface area contributed by atoms with Crippen LogP contribution < -0.4 is 0 Å². The van der Waals surface area contributed by atoms with Crippen LogP contribution in [0.4, 0.5) is 4.39 Å². The van der Waals surface area contributed by atoms with E-state index in [1.165, 1.54) is 17.4 Å². The SMILES string of the molecule is Cc1csc2c(Cl)c(F)ccc12. The topological polar surface area (TPSA) is 0 Å². The molecule has 0 radical (unpaired) electrons. The van der Waals surface area contributed by atoms with E-state index in [1.807, 2.05) is 12.3 Å². The minimum Gasteiger partial charge on any atom is -0.205 e. The summed E-state index contributed by atoms with van der Waals surface area (Å²) >= 11 is 7.26. The van der Waals surface area contributed by atoms with Crippen LogP contribution in [0.1, 0.15) is 5.56 Å². The van der Waals surface area contributed by atoms with Gasteiger partial charge in [-0.3, -0.25) is 0 Å². The molecule has 1 aromatic heterocycles. The molecule has 62 valence electrons. The lowest BCUT2D eigenvalue weighted by atomic mass is 10.2. The quantitative estimate of drug-likeness (QED) is 0.603. The highest BCUT2D eigenvalue weighted by atomic mass is 35.5. The average Bonchev–Trinajstić information content (AvgIpc) is 2.41. The van der Waals surface area contributed by atoms with E-state index in [-0.39, 0.29) is 10.8 Å². The predicted octanol–water partition coefficient (Wildman–Crippen LogP) is 4.00. The first kappa shape index (κ1) is 8.02. The van der Waals surface area contributed by atoms with Crippen LogP contribution in [-0.2, 0) is 0 Å². The smallest absolute Gasteiger partial charge is 0.143 e. The van der Waals surface area contributed by atoms with Gasteiger partial charge >= 0.3 is 0 Å². The largest absolute Gasteiger partial charge is 0.205 e. The van der Waals surface area contributed by atoms with E-state index in [4.69, 9.17) is 11.6 Å². The van der Waals surface area contributed by atoms with Crippen LogP contribution in [0.15, 0.2) is 17.5 Å². The summed E-state index contributed by atoms with van der Waals surface area (Å²) in [6.45, 7) is 1.99. The summed E-state index contributed by atoms with van der Waals surface area (Å²) in [6.07, 6.45) is 0. The monoisotopic (exact) mass is 200 g/mol. The fourth-order valence-electron chi connectivity index (χ4n) is 1.17. The fourth-order valence-corrected chi connectivity index (χ4v) is 2.45. The van der Waals surface area contributed by atoms with Crippen LogP contribution in [0.5, 0.6) is 0 Å². The Bertz CT molecular complexity index is 433. The molecule has 0 fully saturated rings. The minimum absolute atomic E-state index is 0.241. The van der Waals surface area contributed by atoms with Crippen LogP contribution in [0.3, 0.4) is 0 Å². The Hall–Kier alpha value is -0.600. The predicted molar refractivity (Wildman–Crippen MR) is 51.5 cm³/mol. The van der Waals surface area contributed by atoms with Gasteiger partial charge in [0.05, 0.1) is 9.72 Å². The zero-order chi connectivity index (χ0) is 8.72. The van der Waals surface area contributed by atoms with Crippen molar-refractivity contribution in [3.05, 3.63) is 33.9 Å². The van der Waals surface area contributed by atoms with Gasteiger partial charge in [-0.15, -0.1) is 11.3 Å².